The highest BCUT2D eigenvalue weighted by molar-refractivity contribution is 7.91. The van der Waals surface area contributed by atoms with Crippen LogP contribution in [0.15, 0.2) is 35.7 Å². The molecule has 0 aliphatic carbocycles. The van der Waals surface area contributed by atoms with Gasteiger partial charge in [0.05, 0.1) is 28.6 Å². The van der Waals surface area contributed by atoms with Crippen molar-refractivity contribution in [3.63, 3.8) is 0 Å². The van der Waals surface area contributed by atoms with Gasteiger partial charge in [-0.2, -0.15) is 0 Å². The molecule has 1 aromatic carbocycles. The molecule has 1 saturated heterocycles. The number of amides is 1. The van der Waals surface area contributed by atoms with Gasteiger partial charge >= 0.3 is 0 Å². The summed E-state index contributed by atoms with van der Waals surface area (Å²) in [6, 6.07) is 9.43. The molecule has 128 valence electrons. The minimum atomic E-state index is -3.04. The number of sulfone groups is 1. The first kappa shape index (κ1) is 17.1. The highest BCUT2D eigenvalue weighted by atomic mass is 32.2. The summed E-state index contributed by atoms with van der Waals surface area (Å²) >= 11 is 1.52. The molecular weight excluding hydrogens is 344 g/mol. The van der Waals surface area contributed by atoms with Crippen molar-refractivity contribution in [3.05, 3.63) is 52.0 Å². The summed E-state index contributed by atoms with van der Waals surface area (Å²) in [4.78, 5) is 18.9. The number of carbonyl (C=O) groups is 1. The lowest BCUT2D eigenvalue weighted by atomic mass is 10.1. The number of rotatable bonds is 5. The van der Waals surface area contributed by atoms with Crippen LogP contribution in [-0.2, 0) is 27.6 Å². The topological polar surface area (TPSA) is 67.3 Å². The predicted octanol–water partition coefficient (Wildman–Crippen LogP) is 2.21. The quantitative estimate of drug-likeness (QED) is 0.816. The highest BCUT2D eigenvalue weighted by Crippen LogP contribution is 2.21. The molecule has 1 aliphatic rings. The van der Waals surface area contributed by atoms with Crippen molar-refractivity contribution in [2.45, 2.75) is 32.4 Å². The van der Waals surface area contributed by atoms with E-state index in [1.807, 2.05) is 42.6 Å². The van der Waals surface area contributed by atoms with E-state index in [1.165, 1.54) is 11.3 Å². The molecule has 0 saturated carbocycles. The number of hydrogen-bond acceptors (Lipinski definition) is 5. The molecule has 0 N–H and O–H groups in total. The predicted molar refractivity (Wildman–Crippen MR) is 94.6 cm³/mol. The molecule has 1 amide bonds. The summed E-state index contributed by atoms with van der Waals surface area (Å²) in [5.41, 5.74) is 1.76. The Morgan fingerprint density at radius 1 is 1.33 bits per heavy atom. The molecule has 2 aromatic rings. The Kier molecular flexibility index (Phi) is 5.01. The lowest BCUT2D eigenvalue weighted by molar-refractivity contribution is -0.133. The molecule has 0 unspecified atom stereocenters. The molecule has 1 atom stereocenters. The zero-order valence-corrected chi connectivity index (χ0v) is 15.1. The number of hydrogen-bond donors (Lipinski definition) is 0. The molecule has 24 heavy (non-hydrogen) atoms. The van der Waals surface area contributed by atoms with E-state index < -0.39 is 9.84 Å². The van der Waals surface area contributed by atoms with Gasteiger partial charge in [-0.3, -0.25) is 4.79 Å². The molecule has 0 radical (unpaired) electrons. The molecule has 1 aliphatic heterocycles. The first-order valence-electron chi connectivity index (χ1n) is 7.88. The summed E-state index contributed by atoms with van der Waals surface area (Å²) in [5.74, 6) is 0.152. The maximum Gasteiger partial charge on any atom is 0.229 e. The Bertz CT molecular complexity index is 815. The van der Waals surface area contributed by atoms with Crippen LogP contribution in [0.25, 0.3) is 0 Å². The smallest absolute Gasteiger partial charge is 0.229 e. The van der Waals surface area contributed by atoms with Crippen LogP contribution >= 0.6 is 11.3 Å². The van der Waals surface area contributed by atoms with Gasteiger partial charge in [-0.15, -0.1) is 11.3 Å². The van der Waals surface area contributed by atoms with Crippen molar-refractivity contribution >= 4 is 27.1 Å². The molecule has 5 nitrogen and oxygen atoms in total. The van der Waals surface area contributed by atoms with E-state index in [0.717, 1.165) is 16.3 Å². The second-order valence-corrected chi connectivity index (χ2v) is 9.39. The summed E-state index contributed by atoms with van der Waals surface area (Å²) in [7, 11) is -3.04. The molecule has 1 aromatic heterocycles. The second kappa shape index (κ2) is 7.03. The minimum absolute atomic E-state index is 0.0572. The fourth-order valence-corrected chi connectivity index (χ4v) is 5.31. The van der Waals surface area contributed by atoms with Gasteiger partial charge in [0.1, 0.15) is 0 Å². The average molecular weight is 364 g/mol. The van der Waals surface area contributed by atoms with Crippen LogP contribution in [0.3, 0.4) is 0 Å². The van der Waals surface area contributed by atoms with Crippen LogP contribution in [0.1, 0.15) is 22.7 Å². The van der Waals surface area contributed by atoms with Crippen molar-refractivity contribution in [3.8, 4) is 0 Å². The Labute approximate surface area is 146 Å². The average Bonchev–Trinajstić information content (AvgIpc) is 3.11. The number of aromatic nitrogens is 1. The number of nitrogens with zero attached hydrogens (tertiary/aromatic N) is 2. The Balaban J connectivity index is 1.79. The van der Waals surface area contributed by atoms with Gasteiger partial charge in [0.25, 0.3) is 0 Å². The van der Waals surface area contributed by atoms with Crippen molar-refractivity contribution in [1.29, 1.82) is 0 Å². The van der Waals surface area contributed by atoms with E-state index in [2.05, 4.69) is 4.98 Å². The van der Waals surface area contributed by atoms with Crippen molar-refractivity contribution < 1.29 is 13.2 Å². The Hall–Kier alpha value is -1.73. The van der Waals surface area contributed by atoms with Gasteiger partial charge < -0.3 is 4.90 Å². The number of benzene rings is 1. The van der Waals surface area contributed by atoms with E-state index in [9.17, 15) is 13.2 Å². The molecule has 1 fully saturated rings. The van der Waals surface area contributed by atoms with Gasteiger partial charge in [-0.05, 0) is 18.9 Å². The number of thiazole rings is 1. The molecule has 7 heteroatoms. The molecule has 0 bridgehead atoms. The van der Waals surface area contributed by atoms with Crippen LogP contribution in [0.4, 0.5) is 0 Å². The van der Waals surface area contributed by atoms with Crippen molar-refractivity contribution in [2.75, 3.05) is 11.5 Å². The van der Waals surface area contributed by atoms with Crippen LogP contribution in [0.5, 0.6) is 0 Å². The molecule has 2 heterocycles. The van der Waals surface area contributed by atoms with E-state index >= 15 is 0 Å². The fourth-order valence-electron chi connectivity index (χ4n) is 2.97. The zero-order valence-electron chi connectivity index (χ0n) is 13.5. The van der Waals surface area contributed by atoms with E-state index in [1.54, 1.807) is 4.90 Å². The van der Waals surface area contributed by atoms with Crippen LogP contribution in [0.2, 0.25) is 0 Å². The van der Waals surface area contributed by atoms with Gasteiger partial charge in [0, 0.05) is 18.0 Å². The maximum absolute atomic E-state index is 12.8. The third kappa shape index (κ3) is 4.21. The summed E-state index contributed by atoms with van der Waals surface area (Å²) in [6.45, 7) is 2.34. The summed E-state index contributed by atoms with van der Waals surface area (Å²) in [5, 5.41) is 2.81. The van der Waals surface area contributed by atoms with Crippen molar-refractivity contribution in [1.82, 2.24) is 9.88 Å². The highest BCUT2D eigenvalue weighted by Gasteiger charge is 2.34. The third-order valence-corrected chi connectivity index (χ3v) is 6.74. The minimum Gasteiger partial charge on any atom is -0.334 e. The monoisotopic (exact) mass is 364 g/mol. The lowest BCUT2D eigenvalue weighted by Gasteiger charge is -2.28. The zero-order chi connectivity index (χ0) is 17.2. The van der Waals surface area contributed by atoms with E-state index in [0.29, 0.717) is 13.0 Å². The van der Waals surface area contributed by atoms with Crippen LogP contribution in [-0.4, -0.2) is 41.8 Å². The van der Waals surface area contributed by atoms with Gasteiger partial charge in [-0.25, -0.2) is 13.4 Å². The summed E-state index contributed by atoms with van der Waals surface area (Å²) in [6.07, 6.45) is 0.727. The molecular formula is C17H20N2O3S2. The molecule has 0 spiro atoms. The van der Waals surface area contributed by atoms with Gasteiger partial charge in [-0.1, -0.05) is 30.3 Å². The van der Waals surface area contributed by atoms with Crippen LogP contribution < -0.4 is 0 Å². The van der Waals surface area contributed by atoms with Crippen molar-refractivity contribution in [2.24, 2.45) is 0 Å². The standard InChI is InChI=1S/C17H20N2O3S2/c1-13-18-15(11-23-13)9-17(20)19(10-14-5-3-2-4-6-14)16-7-8-24(21,22)12-16/h2-6,11,16H,7-10,12H2,1H3/t16-/m0/s1. The Morgan fingerprint density at radius 2 is 2.08 bits per heavy atom. The number of carbonyl (C=O) groups excluding carboxylic acids is 1. The van der Waals surface area contributed by atoms with Gasteiger partial charge in [0.15, 0.2) is 9.84 Å². The summed E-state index contributed by atoms with van der Waals surface area (Å²) < 4.78 is 23.7. The SMILES string of the molecule is Cc1nc(CC(=O)N(Cc2ccccc2)[C@H]2CCS(=O)(=O)C2)cs1. The van der Waals surface area contributed by atoms with E-state index in [-0.39, 0.29) is 29.9 Å². The van der Waals surface area contributed by atoms with Gasteiger partial charge in [0.2, 0.25) is 5.91 Å². The Morgan fingerprint density at radius 3 is 2.67 bits per heavy atom. The van der Waals surface area contributed by atoms with E-state index in [4.69, 9.17) is 0 Å². The molecule has 3 rings (SSSR count). The van der Waals surface area contributed by atoms with Crippen LogP contribution in [0, 0.1) is 6.92 Å². The second-order valence-electron chi connectivity index (χ2n) is 6.10. The maximum atomic E-state index is 12.8. The number of aryl methyl sites for hydroxylation is 1. The largest absolute Gasteiger partial charge is 0.334 e. The third-order valence-electron chi connectivity index (χ3n) is 4.16. The first-order chi connectivity index (χ1) is 11.4. The lowest BCUT2D eigenvalue weighted by Crippen LogP contribution is -2.41. The fraction of sp³-hybridized carbons (Fsp3) is 0.412. The first-order valence-corrected chi connectivity index (χ1v) is 10.6. The normalized spacial score (nSPS) is 19.3.